The molecule has 7 heteroatoms. The van der Waals surface area contributed by atoms with Gasteiger partial charge < -0.3 is 19.9 Å². The monoisotopic (exact) mass is 294 g/mol. The molecule has 1 fully saturated rings. The van der Waals surface area contributed by atoms with Gasteiger partial charge in [-0.3, -0.25) is 4.79 Å². The van der Waals surface area contributed by atoms with E-state index in [1.54, 1.807) is 17.3 Å². The predicted octanol–water partition coefficient (Wildman–Crippen LogP) is 1.45. The molecule has 2 atom stereocenters. The summed E-state index contributed by atoms with van der Waals surface area (Å²) in [6.07, 6.45) is 4.66. The zero-order valence-electron chi connectivity index (χ0n) is 12.6. The van der Waals surface area contributed by atoms with E-state index in [0.29, 0.717) is 6.54 Å². The third-order valence-electron chi connectivity index (χ3n) is 3.76. The average molecular weight is 294 g/mol. The van der Waals surface area contributed by atoms with Gasteiger partial charge in [0, 0.05) is 18.9 Å². The minimum absolute atomic E-state index is 0.0190. The number of H-pyrrole nitrogens is 1. The Bertz CT molecular complexity index is 486. The smallest absolute Gasteiger partial charge is 0.407 e. The van der Waals surface area contributed by atoms with E-state index in [2.05, 4.69) is 20.0 Å². The molecule has 1 aliphatic heterocycles. The van der Waals surface area contributed by atoms with Crippen molar-refractivity contribution in [3.63, 3.8) is 0 Å². The lowest BCUT2D eigenvalue weighted by molar-refractivity contribution is -0.135. The van der Waals surface area contributed by atoms with Crippen molar-refractivity contribution in [2.75, 3.05) is 13.7 Å². The molecule has 1 aliphatic rings. The molecule has 0 aromatic carbocycles. The lowest BCUT2D eigenvalue weighted by Gasteiger charge is -2.29. The Balaban J connectivity index is 2.13. The van der Waals surface area contributed by atoms with E-state index in [4.69, 9.17) is 0 Å². The first kappa shape index (κ1) is 15.3. The number of nitrogens with zero attached hydrogens (tertiary/aromatic N) is 2. The van der Waals surface area contributed by atoms with Crippen LogP contribution in [-0.4, -0.2) is 46.6 Å². The molecule has 2 N–H and O–H groups in total. The highest BCUT2D eigenvalue weighted by Gasteiger charge is 2.37. The Morgan fingerprint density at radius 2 is 2.29 bits per heavy atom. The van der Waals surface area contributed by atoms with E-state index in [-0.39, 0.29) is 17.9 Å². The van der Waals surface area contributed by atoms with Crippen molar-refractivity contribution in [3.8, 4) is 0 Å². The van der Waals surface area contributed by atoms with Gasteiger partial charge in [-0.2, -0.15) is 0 Å². The Kier molecular flexibility index (Phi) is 4.82. The molecule has 0 radical (unpaired) electrons. The third kappa shape index (κ3) is 3.34. The Morgan fingerprint density at radius 3 is 2.86 bits per heavy atom. The number of hydrogen-bond donors (Lipinski definition) is 2. The predicted molar refractivity (Wildman–Crippen MR) is 76.4 cm³/mol. The molecule has 1 aromatic rings. The molecule has 2 amide bonds. The van der Waals surface area contributed by atoms with Crippen molar-refractivity contribution in [1.82, 2.24) is 20.2 Å². The lowest BCUT2D eigenvalue weighted by atomic mass is 10.0. The number of ether oxygens (including phenoxy) is 1. The van der Waals surface area contributed by atoms with Gasteiger partial charge in [0.2, 0.25) is 5.91 Å². The standard InChI is InChI=1S/C14H22N4O3/c1-9(2)11(17-14(20)21-3)13(19)18-8-4-5-10(18)12-15-6-7-16-12/h6-7,9-11H,4-5,8H2,1-3H3,(H,15,16)(H,17,20)/t10-,11-/m0/s1. The number of amides is 2. The van der Waals surface area contributed by atoms with Crippen LogP contribution in [0, 0.1) is 5.92 Å². The van der Waals surface area contributed by atoms with Gasteiger partial charge in [-0.25, -0.2) is 9.78 Å². The number of aromatic amines is 1. The van der Waals surface area contributed by atoms with E-state index in [1.165, 1.54) is 7.11 Å². The molecule has 0 aliphatic carbocycles. The normalized spacial score (nSPS) is 19.6. The lowest BCUT2D eigenvalue weighted by Crippen LogP contribution is -2.51. The number of carbonyl (C=O) groups is 2. The van der Waals surface area contributed by atoms with Crippen LogP contribution in [0.1, 0.15) is 38.6 Å². The zero-order chi connectivity index (χ0) is 15.4. The molecule has 2 heterocycles. The Morgan fingerprint density at radius 1 is 1.52 bits per heavy atom. The summed E-state index contributed by atoms with van der Waals surface area (Å²) in [5, 5.41) is 2.63. The van der Waals surface area contributed by atoms with Gasteiger partial charge in [0.1, 0.15) is 11.9 Å². The number of methoxy groups -OCH3 is 1. The average Bonchev–Trinajstić information content (AvgIpc) is 3.12. The minimum Gasteiger partial charge on any atom is -0.453 e. The second-order valence-electron chi connectivity index (χ2n) is 5.52. The maximum atomic E-state index is 12.8. The van der Waals surface area contributed by atoms with Crippen molar-refractivity contribution < 1.29 is 14.3 Å². The fourth-order valence-corrected chi connectivity index (χ4v) is 2.65. The molecule has 116 valence electrons. The SMILES string of the molecule is COC(=O)N[C@H](C(=O)N1CCC[C@H]1c1ncc[nH]1)C(C)C. The molecule has 1 saturated heterocycles. The molecular formula is C14H22N4O3. The molecule has 2 rings (SSSR count). The molecule has 0 bridgehead atoms. The first-order chi connectivity index (χ1) is 10.0. The van der Waals surface area contributed by atoms with Crippen molar-refractivity contribution in [1.29, 1.82) is 0 Å². The van der Waals surface area contributed by atoms with Crippen molar-refractivity contribution in [2.24, 2.45) is 5.92 Å². The minimum atomic E-state index is -0.590. The second-order valence-corrected chi connectivity index (χ2v) is 5.52. The van der Waals surface area contributed by atoms with E-state index in [9.17, 15) is 9.59 Å². The van der Waals surface area contributed by atoms with Gasteiger partial charge >= 0.3 is 6.09 Å². The van der Waals surface area contributed by atoms with Crippen LogP contribution in [0.25, 0.3) is 0 Å². The molecule has 1 aromatic heterocycles. The maximum absolute atomic E-state index is 12.8. The van der Waals surface area contributed by atoms with Crippen LogP contribution in [0.4, 0.5) is 4.79 Å². The number of rotatable bonds is 4. The Hall–Kier alpha value is -2.05. The van der Waals surface area contributed by atoms with Crippen LogP contribution in [0.3, 0.4) is 0 Å². The van der Waals surface area contributed by atoms with Gasteiger partial charge in [-0.15, -0.1) is 0 Å². The summed E-state index contributed by atoms with van der Waals surface area (Å²) in [4.78, 5) is 33.3. The molecule has 0 saturated carbocycles. The van der Waals surface area contributed by atoms with Gasteiger partial charge in [0.15, 0.2) is 0 Å². The topological polar surface area (TPSA) is 87.3 Å². The van der Waals surface area contributed by atoms with Crippen molar-refractivity contribution >= 4 is 12.0 Å². The van der Waals surface area contributed by atoms with E-state index in [0.717, 1.165) is 18.7 Å². The first-order valence-electron chi connectivity index (χ1n) is 7.18. The van der Waals surface area contributed by atoms with E-state index < -0.39 is 12.1 Å². The van der Waals surface area contributed by atoms with E-state index in [1.807, 2.05) is 13.8 Å². The van der Waals surface area contributed by atoms with Gasteiger partial charge in [0.25, 0.3) is 0 Å². The quantitative estimate of drug-likeness (QED) is 0.880. The maximum Gasteiger partial charge on any atom is 0.407 e. The molecular weight excluding hydrogens is 272 g/mol. The summed E-state index contributed by atoms with van der Waals surface area (Å²) in [6.45, 7) is 4.48. The van der Waals surface area contributed by atoms with Crippen LogP contribution < -0.4 is 5.32 Å². The van der Waals surface area contributed by atoms with Crippen LogP contribution in [0.2, 0.25) is 0 Å². The van der Waals surface area contributed by atoms with Crippen LogP contribution in [0.15, 0.2) is 12.4 Å². The number of alkyl carbamates (subject to hydrolysis) is 1. The Labute approximate surface area is 124 Å². The highest BCUT2D eigenvalue weighted by molar-refractivity contribution is 5.86. The first-order valence-corrected chi connectivity index (χ1v) is 7.18. The number of carbonyl (C=O) groups excluding carboxylic acids is 2. The highest BCUT2D eigenvalue weighted by Crippen LogP contribution is 2.30. The number of aromatic nitrogens is 2. The summed E-state index contributed by atoms with van der Waals surface area (Å²) in [6, 6.07) is -0.638. The largest absolute Gasteiger partial charge is 0.453 e. The summed E-state index contributed by atoms with van der Waals surface area (Å²) in [5.74, 6) is 0.685. The van der Waals surface area contributed by atoms with Crippen molar-refractivity contribution in [2.45, 2.75) is 38.8 Å². The molecule has 0 unspecified atom stereocenters. The van der Waals surface area contributed by atoms with Crippen molar-refractivity contribution in [3.05, 3.63) is 18.2 Å². The number of nitrogens with one attached hydrogen (secondary N) is 2. The summed E-state index contributed by atoms with van der Waals surface area (Å²) in [5.41, 5.74) is 0. The van der Waals surface area contributed by atoms with Crippen LogP contribution in [0.5, 0.6) is 0 Å². The van der Waals surface area contributed by atoms with Gasteiger partial charge in [-0.05, 0) is 18.8 Å². The summed E-state index contributed by atoms with van der Waals surface area (Å²) >= 11 is 0. The highest BCUT2D eigenvalue weighted by atomic mass is 16.5. The number of hydrogen-bond acceptors (Lipinski definition) is 4. The molecule has 0 spiro atoms. The fourth-order valence-electron chi connectivity index (χ4n) is 2.65. The third-order valence-corrected chi connectivity index (χ3v) is 3.76. The van der Waals surface area contributed by atoms with E-state index >= 15 is 0 Å². The summed E-state index contributed by atoms with van der Waals surface area (Å²) < 4.78 is 4.60. The summed E-state index contributed by atoms with van der Waals surface area (Å²) in [7, 11) is 1.29. The van der Waals surface area contributed by atoms with Gasteiger partial charge in [0.05, 0.1) is 13.2 Å². The number of likely N-dealkylation sites (tertiary alicyclic amines) is 1. The zero-order valence-corrected chi connectivity index (χ0v) is 12.6. The van der Waals surface area contributed by atoms with Crippen LogP contribution in [-0.2, 0) is 9.53 Å². The molecule has 7 nitrogen and oxygen atoms in total. The van der Waals surface area contributed by atoms with Crippen LogP contribution >= 0.6 is 0 Å². The second kappa shape index (κ2) is 6.60. The number of imidazole rings is 1. The fraction of sp³-hybridized carbons (Fsp3) is 0.643. The van der Waals surface area contributed by atoms with Gasteiger partial charge in [-0.1, -0.05) is 13.8 Å². The molecule has 21 heavy (non-hydrogen) atoms.